The van der Waals surface area contributed by atoms with Gasteiger partial charge >= 0.3 is 0 Å². The predicted octanol–water partition coefficient (Wildman–Crippen LogP) is 6.23. The van der Waals surface area contributed by atoms with Crippen molar-refractivity contribution in [3.8, 4) is 22.8 Å². The number of fused-ring (bicyclic) bond motifs is 1. The first-order chi connectivity index (χ1) is 16.1. The number of halogens is 1. The van der Waals surface area contributed by atoms with Gasteiger partial charge in [0, 0.05) is 29.4 Å². The topological polar surface area (TPSA) is 57.2 Å². The highest BCUT2D eigenvalue weighted by molar-refractivity contribution is 7.98. The molecule has 33 heavy (non-hydrogen) atoms. The minimum absolute atomic E-state index is 0.621. The standard InChI is InChI=1S/C25H22ClN5OS/c1-3-32-20-12-10-19(11-13-20)31-24(21-8-4-5-9-22(21)26)28-29-25(31)33-16-18-15-30-14-6-7-17(2)23(30)27-18/h4-15H,3,16H2,1-2H3. The van der Waals surface area contributed by atoms with Crippen LogP contribution in [0, 0.1) is 6.92 Å². The highest BCUT2D eigenvalue weighted by Crippen LogP contribution is 2.33. The molecule has 5 aromatic rings. The monoisotopic (exact) mass is 475 g/mol. The summed E-state index contributed by atoms with van der Waals surface area (Å²) in [5.41, 5.74) is 4.86. The predicted molar refractivity (Wildman–Crippen MR) is 132 cm³/mol. The van der Waals surface area contributed by atoms with Crippen LogP contribution in [-0.4, -0.2) is 30.8 Å². The first kappa shape index (κ1) is 21.6. The Kier molecular flexibility index (Phi) is 6.07. The molecular weight excluding hydrogens is 454 g/mol. The lowest BCUT2D eigenvalue weighted by Crippen LogP contribution is -2.01. The van der Waals surface area contributed by atoms with E-state index in [1.807, 2.05) is 72.3 Å². The molecule has 8 heteroatoms. The fourth-order valence-electron chi connectivity index (χ4n) is 3.68. The van der Waals surface area contributed by atoms with Gasteiger partial charge in [0.25, 0.3) is 0 Å². The van der Waals surface area contributed by atoms with Crippen molar-refractivity contribution in [2.75, 3.05) is 6.61 Å². The lowest BCUT2D eigenvalue weighted by Gasteiger charge is -2.12. The molecule has 5 rings (SSSR count). The average Bonchev–Trinajstić information content (AvgIpc) is 3.44. The molecule has 0 saturated heterocycles. The number of aromatic nitrogens is 5. The largest absolute Gasteiger partial charge is 0.494 e. The third kappa shape index (κ3) is 4.34. The van der Waals surface area contributed by atoms with Crippen molar-refractivity contribution in [1.82, 2.24) is 24.1 Å². The molecule has 3 aromatic heterocycles. The molecule has 2 aromatic carbocycles. The number of rotatable bonds is 7. The van der Waals surface area contributed by atoms with Gasteiger partial charge in [-0.2, -0.15) is 0 Å². The van der Waals surface area contributed by atoms with Crippen LogP contribution in [0.3, 0.4) is 0 Å². The zero-order chi connectivity index (χ0) is 22.8. The second-order valence-electron chi connectivity index (χ2n) is 7.49. The molecule has 0 spiro atoms. The maximum atomic E-state index is 6.51. The van der Waals surface area contributed by atoms with Gasteiger partial charge in [-0.25, -0.2) is 4.98 Å². The molecule has 3 heterocycles. The summed E-state index contributed by atoms with van der Waals surface area (Å²) in [5, 5.41) is 10.4. The van der Waals surface area contributed by atoms with E-state index in [2.05, 4.69) is 33.8 Å². The van der Waals surface area contributed by atoms with Crippen molar-refractivity contribution in [3.05, 3.63) is 89.3 Å². The van der Waals surface area contributed by atoms with Crippen molar-refractivity contribution in [2.24, 2.45) is 0 Å². The van der Waals surface area contributed by atoms with Crippen LogP contribution in [0.4, 0.5) is 0 Å². The van der Waals surface area contributed by atoms with Crippen molar-refractivity contribution < 1.29 is 4.74 Å². The molecule has 0 bridgehead atoms. The summed E-state index contributed by atoms with van der Waals surface area (Å²) in [6.07, 6.45) is 4.07. The summed E-state index contributed by atoms with van der Waals surface area (Å²) >= 11 is 8.10. The third-order valence-electron chi connectivity index (χ3n) is 5.23. The molecule has 0 saturated carbocycles. The first-order valence-electron chi connectivity index (χ1n) is 10.6. The molecule has 0 N–H and O–H groups in total. The Morgan fingerprint density at radius 2 is 1.82 bits per heavy atom. The van der Waals surface area contributed by atoms with Crippen molar-refractivity contribution >= 4 is 29.0 Å². The van der Waals surface area contributed by atoms with E-state index in [9.17, 15) is 0 Å². The van der Waals surface area contributed by atoms with E-state index >= 15 is 0 Å². The summed E-state index contributed by atoms with van der Waals surface area (Å²) in [7, 11) is 0. The summed E-state index contributed by atoms with van der Waals surface area (Å²) in [5.74, 6) is 2.18. The molecule has 0 aliphatic rings. The van der Waals surface area contributed by atoms with Gasteiger partial charge < -0.3 is 9.14 Å². The van der Waals surface area contributed by atoms with Crippen molar-refractivity contribution in [2.45, 2.75) is 24.8 Å². The Balaban J connectivity index is 1.52. The summed E-state index contributed by atoms with van der Waals surface area (Å²) in [6.45, 7) is 4.66. The van der Waals surface area contributed by atoms with Crippen LogP contribution in [0.15, 0.2) is 78.2 Å². The summed E-state index contributed by atoms with van der Waals surface area (Å²) in [6, 6.07) is 19.7. The molecule has 0 amide bonds. The zero-order valence-corrected chi connectivity index (χ0v) is 19.8. The van der Waals surface area contributed by atoms with Crippen molar-refractivity contribution in [3.63, 3.8) is 0 Å². The van der Waals surface area contributed by atoms with Gasteiger partial charge in [-0.1, -0.05) is 41.6 Å². The lowest BCUT2D eigenvalue weighted by atomic mass is 10.2. The number of ether oxygens (including phenoxy) is 1. The highest BCUT2D eigenvalue weighted by Gasteiger charge is 2.19. The van der Waals surface area contributed by atoms with Gasteiger partial charge in [0.2, 0.25) is 0 Å². The van der Waals surface area contributed by atoms with Gasteiger partial charge in [0.15, 0.2) is 11.0 Å². The average molecular weight is 476 g/mol. The maximum absolute atomic E-state index is 6.51. The molecular formula is C25H22ClN5OS. The lowest BCUT2D eigenvalue weighted by molar-refractivity contribution is 0.340. The van der Waals surface area contributed by atoms with Gasteiger partial charge in [-0.3, -0.25) is 4.57 Å². The fourth-order valence-corrected chi connectivity index (χ4v) is 4.74. The number of hydrogen-bond acceptors (Lipinski definition) is 5. The molecule has 0 atom stereocenters. The zero-order valence-electron chi connectivity index (χ0n) is 18.3. The van der Waals surface area contributed by atoms with E-state index in [0.29, 0.717) is 23.2 Å². The first-order valence-corrected chi connectivity index (χ1v) is 12.0. The number of thioether (sulfide) groups is 1. The van der Waals surface area contributed by atoms with E-state index in [0.717, 1.165) is 39.1 Å². The third-order valence-corrected chi connectivity index (χ3v) is 6.52. The SMILES string of the molecule is CCOc1ccc(-n2c(SCc3cn4cccc(C)c4n3)nnc2-c2ccccc2Cl)cc1. The number of hydrogen-bond donors (Lipinski definition) is 0. The fraction of sp³-hybridized carbons (Fsp3) is 0.160. The molecule has 6 nitrogen and oxygen atoms in total. The molecule has 0 radical (unpaired) electrons. The second kappa shape index (κ2) is 9.29. The minimum Gasteiger partial charge on any atom is -0.494 e. The normalized spacial score (nSPS) is 11.2. The van der Waals surface area contributed by atoms with Gasteiger partial charge in [0.1, 0.15) is 11.4 Å². The Morgan fingerprint density at radius 1 is 1.00 bits per heavy atom. The Hall–Kier alpha value is -3.29. The van der Waals surface area contributed by atoms with Crippen LogP contribution in [0.5, 0.6) is 5.75 Å². The van der Waals surface area contributed by atoms with E-state index in [1.54, 1.807) is 11.8 Å². The Bertz CT molecular complexity index is 1410. The number of aryl methyl sites for hydroxylation is 1. The van der Waals surface area contributed by atoms with E-state index in [-0.39, 0.29) is 0 Å². The highest BCUT2D eigenvalue weighted by atomic mass is 35.5. The van der Waals surface area contributed by atoms with Gasteiger partial charge in [-0.05, 0) is 61.9 Å². The number of benzene rings is 2. The van der Waals surface area contributed by atoms with Gasteiger partial charge in [-0.15, -0.1) is 10.2 Å². The maximum Gasteiger partial charge on any atom is 0.196 e. The minimum atomic E-state index is 0.621. The number of imidazole rings is 1. The van der Waals surface area contributed by atoms with Crippen LogP contribution in [-0.2, 0) is 5.75 Å². The Morgan fingerprint density at radius 3 is 2.58 bits per heavy atom. The van der Waals surface area contributed by atoms with Crippen LogP contribution in [0.2, 0.25) is 5.02 Å². The van der Waals surface area contributed by atoms with Crippen LogP contribution >= 0.6 is 23.4 Å². The number of nitrogens with zero attached hydrogens (tertiary/aromatic N) is 5. The number of pyridine rings is 1. The van der Waals surface area contributed by atoms with E-state index in [4.69, 9.17) is 21.3 Å². The Labute approximate surface area is 201 Å². The van der Waals surface area contributed by atoms with E-state index in [1.165, 1.54) is 0 Å². The smallest absolute Gasteiger partial charge is 0.196 e. The summed E-state index contributed by atoms with van der Waals surface area (Å²) < 4.78 is 9.69. The molecule has 0 aliphatic carbocycles. The summed E-state index contributed by atoms with van der Waals surface area (Å²) in [4.78, 5) is 4.79. The quantitative estimate of drug-likeness (QED) is 0.261. The van der Waals surface area contributed by atoms with Crippen LogP contribution < -0.4 is 4.74 Å². The molecule has 0 aliphatic heterocycles. The second-order valence-corrected chi connectivity index (χ2v) is 8.84. The molecule has 166 valence electrons. The van der Waals surface area contributed by atoms with Crippen molar-refractivity contribution in [1.29, 1.82) is 0 Å². The van der Waals surface area contributed by atoms with E-state index < -0.39 is 0 Å². The van der Waals surface area contributed by atoms with Crippen LogP contribution in [0.25, 0.3) is 22.7 Å². The molecule has 0 unspecified atom stereocenters. The van der Waals surface area contributed by atoms with Crippen LogP contribution in [0.1, 0.15) is 18.2 Å². The van der Waals surface area contributed by atoms with Gasteiger partial charge in [0.05, 0.1) is 17.3 Å². The molecule has 0 fully saturated rings.